The van der Waals surface area contributed by atoms with Gasteiger partial charge in [0.15, 0.2) is 0 Å². The molecule has 0 aliphatic carbocycles. The molecule has 2 amide bonds. The van der Waals surface area contributed by atoms with Gasteiger partial charge in [-0.1, -0.05) is 11.6 Å². The molecule has 20 heavy (non-hydrogen) atoms. The molecule has 100 valence electrons. The lowest BCUT2D eigenvalue weighted by Gasteiger charge is -2.13. The molecule has 0 fully saturated rings. The van der Waals surface area contributed by atoms with E-state index < -0.39 is 0 Å². The molecule has 0 atom stereocenters. The van der Waals surface area contributed by atoms with Gasteiger partial charge in [0.25, 0.3) is 11.8 Å². The Kier molecular flexibility index (Phi) is 2.94. The number of halogens is 1. The summed E-state index contributed by atoms with van der Waals surface area (Å²) in [5.41, 5.74) is 2.56. The first-order valence-electron chi connectivity index (χ1n) is 6.11. The van der Waals surface area contributed by atoms with Gasteiger partial charge in [-0.05, 0) is 54.0 Å². The van der Waals surface area contributed by atoms with Crippen LogP contribution in [0.5, 0.6) is 0 Å². The summed E-state index contributed by atoms with van der Waals surface area (Å²) in [6.45, 7) is 3.71. The Morgan fingerprint density at radius 3 is 2.40 bits per heavy atom. The minimum absolute atomic E-state index is 0.317. The SMILES string of the molecule is Cc1ccc2c(c1)C(=O)N(c1ccc(Br)c(C)n1)C2=O. The smallest absolute Gasteiger partial charge is 0.267 e. The fraction of sp³-hybridized carbons (Fsp3) is 0.133. The monoisotopic (exact) mass is 330 g/mol. The van der Waals surface area contributed by atoms with Crippen LogP contribution in [0.1, 0.15) is 32.0 Å². The Labute approximate surface area is 124 Å². The summed E-state index contributed by atoms with van der Waals surface area (Å²) in [6.07, 6.45) is 0. The van der Waals surface area contributed by atoms with Crippen molar-refractivity contribution >= 4 is 33.6 Å². The zero-order valence-corrected chi connectivity index (χ0v) is 12.6. The maximum atomic E-state index is 12.4. The molecular weight excluding hydrogens is 320 g/mol. The van der Waals surface area contributed by atoms with E-state index in [-0.39, 0.29) is 11.8 Å². The molecule has 1 aromatic carbocycles. The number of aryl methyl sites for hydroxylation is 2. The second-order valence-corrected chi connectivity index (χ2v) is 5.59. The number of carbonyl (C=O) groups is 2. The second kappa shape index (κ2) is 4.52. The van der Waals surface area contributed by atoms with Gasteiger partial charge in [-0.3, -0.25) is 9.59 Å². The number of amides is 2. The quantitative estimate of drug-likeness (QED) is 0.754. The highest BCUT2D eigenvalue weighted by atomic mass is 79.9. The number of carbonyl (C=O) groups excluding carboxylic acids is 2. The molecule has 4 nitrogen and oxygen atoms in total. The molecular formula is C15H11BrN2O2. The number of fused-ring (bicyclic) bond motifs is 1. The first-order valence-corrected chi connectivity index (χ1v) is 6.91. The molecule has 0 unspecified atom stereocenters. The van der Waals surface area contributed by atoms with Gasteiger partial charge < -0.3 is 0 Å². The van der Waals surface area contributed by atoms with Crippen LogP contribution in [0.15, 0.2) is 34.8 Å². The number of hydrogen-bond acceptors (Lipinski definition) is 3. The number of hydrogen-bond donors (Lipinski definition) is 0. The lowest BCUT2D eigenvalue weighted by Crippen LogP contribution is -2.30. The van der Waals surface area contributed by atoms with E-state index in [9.17, 15) is 9.59 Å². The summed E-state index contributed by atoms with van der Waals surface area (Å²) < 4.78 is 0.841. The Balaban J connectivity index is 2.11. The Hall–Kier alpha value is -2.01. The van der Waals surface area contributed by atoms with Crippen LogP contribution >= 0.6 is 15.9 Å². The highest BCUT2D eigenvalue weighted by molar-refractivity contribution is 9.10. The summed E-state index contributed by atoms with van der Waals surface area (Å²) >= 11 is 3.36. The first-order chi connectivity index (χ1) is 9.49. The standard InChI is InChI=1S/C15H11BrN2O2/c1-8-3-4-10-11(7-8)15(20)18(14(10)19)13-6-5-12(16)9(2)17-13/h3-7H,1-2H3. The van der Waals surface area contributed by atoms with Crippen LogP contribution in [0.3, 0.4) is 0 Å². The van der Waals surface area contributed by atoms with Gasteiger partial charge in [0.2, 0.25) is 0 Å². The van der Waals surface area contributed by atoms with E-state index in [0.717, 1.165) is 20.6 Å². The minimum atomic E-state index is -0.320. The fourth-order valence-corrected chi connectivity index (χ4v) is 2.44. The van der Waals surface area contributed by atoms with Gasteiger partial charge in [0.1, 0.15) is 5.82 Å². The third-order valence-electron chi connectivity index (χ3n) is 3.28. The third kappa shape index (κ3) is 1.86. The average Bonchev–Trinajstić information content (AvgIpc) is 2.65. The zero-order chi connectivity index (χ0) is 14.4. The minimum Gasteiger partial charge on any atom is -0.268 e. The van der Waals surface area contributed by atoms with Crippen molar-refractivity contribution in [3.8, 4) is 0 Å². The van der Waals surface area contributed by atoms with E-state index in [0.29, 0.717) is 16.9 Å². The van der Waals surface area contributed by atoms with Crippen LogP contribution in [-0.4, -0.2) is 16.8 Å². The van der Waals surface area contributed by atoms with E-state index in [2.05, 4.69) is 20.9 Å². The van der Waals surface area contributed by atoms with Gasteiger partial charge in [0.05, 0.1) is 16.8 Å². The van der Waals surface area contributed by atoms with Gasteiger partial charge in [-0.15, -0.1) is 0 Å². The largest absolute Gasteiger partial charge is 0.268 e. The van der Waals surface area contributed by atoms with Gasteiger partial charge in [0, 0.05) is 4.47 Å². The molecule has 5 heteroatoms. The Bertz CT molecular complexity index is 756. The predicted molar refractivity (Wildman–Crippen MR) is 79.0 cm³/mol. The molecule has 0 radical (unpaired) electrons. The first kappa shape index (κ1) is 13.0. The van der Waals surface area contributed by atoms with Crippen molar-refractivity contribution in [3.05, 3.63) is 57.2 Å². The molecule has 1 aliphatic rings. The number of pyridine rings is 1. The molecule has 1 aromatic heterocycles. The number of benzene rings is 1. The molecule has 0 saturated heterocycles. The van der Waals surface area contributed by atoms with Crippen molar-refractivity contribution < 1.29 is 9.59 Å². The van der Waals surface area contributed by atoms with Crippen LogP contribution in [-0.2, 0) is 0 Å². The maximum Gasteiger partial charge on any atom is 0.267 e. The summed E-state index contributed by atoms with van der Waals surface area (Å²) in [5.74, 6) is -0.281. The van der Waals surface area contributed by atoms with Crippen LogP contribution in [0.4, 0.5) is 5.82 Å². The highest BCUT2D eigenvalue weighted by Gasteiger charge is 2.37. The maximum absolute atomic E-state index is 12.4. The summed E-state index contributed by atoms with van der Waals surface area (Å²) in [4.78, 5) is 30.2. The van der Waals surface area contributed by atoms with Gasteiger partial charge in [-0.2, -0.15) is 0 Å². The van der Waals surface area contributed by atoms with Crippen LogP contribution in [0.25, 0.3) is 0 Å². The molecule has 0 spiro atoms. The number of anilines is 1. The summed E-state index contributed by atoms with van der Waals surface area (Å²) in [7, 11) is 0. The van der Waals surface area contributed by atoms with Crippen LogP contribution < -0.4 is 4.90 Å². The van der Waals surface area contributed by atoms with Crippen molar-refractivity contribution in [2.45, 2.75) is 13.8 Å². The zero-order valence-electron chi connectivity index (χ0n) is 11.0. The van der Waals surface area contributed by atoms with Crippen molar-refractivity contribution in [2.24, 2.45) is 0 Å². The van der Waals surface area contributed by atoms with E-state index in [1.807, 2.05) is 19.9 Å². The number of imide groups is 1. The number of aromatic nitrogens is 1. The predicted octanol–water partition coefficient (Wildman–Crippen LogP) is 3.26. The van der Waals surface area contributed by atoms with Crippen molar-refractivity contribution in [1.82, 2.24) is 4.98 Å². The normalized spacial score (nSPS) is 13.8. The van der Waals surface area contributed by atoms with Gasteiger partial charge >= 0.3 is 0 Å². The summed E-state index contributed by atoms with van der Waals surface area (Å²) in [5, 5.41) is 0. The molecule has 3 rings (SSSR count). The van der Waals surface area contributed by atoms with E-state index in [4.69, 9.17) is 0 Å². The average molecular weight is 331 g/mol. The highest BCUT2D eigenvalue weighted by Crippen LogP contribution is 2.29. The van der Waals surface area contributed by atoms with E-state index in [1.165, 1.54) is 0 Å². The molecule has 0 N–H and O–H groups in total. The Morgan fingerprint density at radius 1 is 1.00 bits per heavy atom. The number of nitrogens with zero attached hydrogens (tertiary/aromatic N) is 2. The molecule has 0 bridgehead atoms. The molecule has 1 aliphatic heterocycles. The van der Waals surface area contributed by atoms with Crippen LogP contribution in [0.2, 0.25) is 0 Å². The van der Waals surface area contributed by atoms with Crippen LogP contribution in [0, 0.1) is 13.8 Å². The van der Waals surface area contributed by atoms with Crippen molar-refractivity contribution in [3.63, 3.8) is 0 Å². The molecule has 2 aromatic rings. The van der Waals surface area contributed by atoms with Crippen molar-refractivity contribution in [2.75, 3.05) is 4.90 Å². The fourth-order valence-electron chi connectivity index (χ4n) is 2.22. The van der Waals surface area contributed by atoms with Gasteiger partial charge in [-0.25, -0.2) is 9.88 Å². The van der Waals surface area contributed by atoms with Crippen molar-refractivity contribution in [1.29, 1.82) is 0 Å². The summed E-state index contributed by atoms with van der Waals surface area (Å²) in [6, 6.07) is 8.70. The lowest BCUT2D eigenvalue weighted by molar-refractivity contribution is 0.0925. The molecule has 0 saturated carbocycles. The second-order valence-electron chi connectivity index (χ2n) is 4.73. The van der Waals surface area contributed by atoms with E-state index in [1.54, 1.807) is 24.3 Å². The van der Waals surface area contributed by atoms with E-state index >= 15 is 0 Å². The molecule has 2 heterocycles. The Morgan fingerprint density at radius 2 is 1.70 bits per heavy atom. The number of rotatable bonds is 1. The third-order valence-corrected chi connectivity index (χ3v) is 4.12. The topological polar surface area (TPSA) is 50.3 Å². The lowest BCUT2D eigenvalue weighted by atomic mass is 10.1.